The van der Waals surface area contributed by atoms with Crippen molar-refractivity contribution in [1.82, 2.24) is 9.97 Å². The lowest BCUT2D eigenvalue weighted by Crippen LogP contribution is -2.62. The Morgan fingerprint density at radius 3 is 2.21 bits per heavy atom. The van der Waals surface area contributed by atoms with Crippen molar-refractivity contribution in [2.45, 2.75) is 67.3 Å². The molecule has 12 N–H and O–H groups in total. The first-order valence-electron chi connectivity index (χ1n) is 10.2. The van der Waals surface area contributed by atoms with Crippen LogP contribution in [0.25, 0.3) is 0 Å². The lowest BCUT2D eigenvalue weighted by atomic mass is 9.99. The standard InChI is InChI=1S/C12H22O11.C6H9N3O2/c13-1-4-6(16)8(18)9(19)11(21-4)23-12(3-15)10(20)7(17)5(2-14)22-12;7-5(6(10)11)1-4-2-8-3-9-4/h4-11,13-20H,1-3H2;2-3,5H,1,7H2,(H,8,9)(H,10,11)/t4-,5-,6-,7-,8+,9-,10+,11-,12+;5-/m10/s1. The molecule has 0 saturated carbocycles. The minimum Gasteiger partial charge on any atom is -0.480 e. The highest BCUT2D eigenvalue weighted by Gasteiger charge is 2.58. The highest BCUT2D eigenvalue weighted by atomic mass is 16.8. The van der Waals surface area contributed by atoms with E-state index in [1.165, 1.54) is 6.33 Å². The summed E-state index contributed by atoms with van der Waals surface area (Å²) >= 11 is 0. The fourth-order valence-electron chi connectivity index (χ4n) is 3.35. The van der Waals surface area contributed by atoms with E-state index in [2.05, 4.69) is 9.97 Å². The second-order valence-corrected chi connectivity index (χ2v) is 7.79. The van der Waals surface area contributed by atoms with E-state index >= 15 is 0 Å². The Balaban J connectivity index is 0.000000310. The van der Waals surface area contributed by atoms with Crippen LogP contribution in [0.1, 0.15) is 5.69 Å². The van der Waals surface area contributed by atoms with E-state index in [-0.39, 0.29) is 6.42 Å². The van der Waals surface area contributed by atoms with Gasteiger partial charge in [-0.2, -0.15) is 0 Å². The molecule has 2 aliphatic rings. The second kappa shape index (κ2) is 12.2. The molecule has 0 bridgehead atoms. The van der Waals surface area contributed by atoms with Gasteiger partial charge in [-0.25, -0.2) is 4.98 Å². The summed E-state index contributed by atoms with van der Waals surface area (Å²) in [5, 5.41) is 85.1. The number of imidazole rings is 1. The average Bonchev–Trinajstić information content (AvgIpc) is 3.42. The van der Waals surface area contributed by atoms with Crippen molar-refractivity contribution in [3.63, 3.8) is 0 Å². The third-order valence-electron chi connectivity index (χ3n) is 5.38. The predicted molar refractivity (Wildman–Crippen MR) is 107 cm³/mol. The van der Waals surface area contributed by atoms with Gasteiger partial charge in [0, 0.05) is 18.3 Å². The number of carbonyl (C=O) groups is 1. The van der Waals surface area contributed by atoms with Crippen molar-refractivity contribution < 1.29 is 65.0 Å². The van der Waals surface area contributed by atoms with E-state index in [9.17, 15) is 35.4 Å². The molecular formula is C18H31N3O13. The molecule has 16 heteroatoms. The van der Waals surface area contributed by atoms with Crippen LogP contribution in [0.15, 0.2) is 12.5 Å². The summed E-state index contributed by atoms with van der Waals surface area (Å²) in [6, 6.07) is -0.851. The van der Waals surface area contributed by atoms with Gasteiger partial charge in [0.05, 0.1) is 19.5 Å². The van der Waals surface area contributed by atoms with Gasteiger partial charge in [0.2, 0.25) is 5.79 Å². The molecule has 2 saturated heterocycles. The number of aromatic amines is 1. The van der Waals surface area contributed by atoms with E-state index in [0.717, 1.165) is 5.69 Å². The maximum absolute atomic E-state index is 10.3. The Kier molecular flexibility index (Phi) is 10.2. The van der Waals surface area contributed by atoms with E-state index in [0.29, 0.717) is 0 Å². The third kappa shape index (κ3) is 6.25. The van der Waals surface area contributed by atoms with Crippen molar-refractivity contribution in [3.8, 4) is 0 Å². The van der Waals surface area contributed by atoms with Gasteiger partial charge in [-0.1, -0.05) is 0 Å². The zero-order valence-corrected chi connectivity index (χ0v) is 17.9. The van der Waals surface area contributed by atoms with Crippen LogP contribution >= 0.6 is 0 Å². The van der Waals surface area contributed by atoms with Gasteiger partial charge in [0.1, 0.15) is 55.4 Å². The Morgan fingerprint density at radius 1 is 1.09 bits per heavy atom. The van der Waals surface area contributed by atoms with Crippen LogP contribution in [0.2, 0.25) is 0 Å². The summed E-state index contributed by atoms with van der Waals surface area (Å²) in [5.41, 5.74) is 6.00. The Labute approximate surface area is 192 Å². The Morgan fingerprint density at radius 2 is 1.74 bits per heavy atom. The smallest absolute Gasteiger partial charge is 0.320 e. The normalized spacial score (nSPS) is 38.7. The molecule has 0 aromatic carbocycles. The number of hydrogen-bond donors (Lipinski definition) is 11. The minimum absolute atomic E-state index is 0.287. The van der Waals surface area contributed by atoms with Gasteiger partial charge >= 0.3 is 5.97 Å². The number of carboxylic acids is 1. The third-order valence-corrected chi connectivity index (χ3v) is 5.38. The molecule has 0 radical (unpaired) electrons. The number of hydrogen-bond acceptors (Lipinski definition) is 14. The van der Waals surface area contributed by atoms with Crippen LogP contribution in [0.3, 0.4) is 0 Å². The van der Waals surface area contributed by atoms with Crippen molar-refractivity contribution in [1.29, 1.82) is 0 Å². The first-order valence-corrected chi connectivity index (χ1v) is 10.2. The summed E-state index contributed by atoms with van der Waals surface area (Å²) < 4.78 is 15.4. The number of aliphatic carboxylic acids is 1. The number of aliphatic hydroxyl groups is 8. The molecule has 16 nitrogen and oxygen atoms in total. The summed E-state index contributed by atoms with van der Waals surface area (Å²) in [6.45, 7) is -2.32. The lowest BCUT2D eigenvalue weighted by Gasteiger charge is -2.43. The van der Waals surface area contributed by atoms with Crippen LogP contribution in [-0.2, 0) is 25.4 Å². The van der Waals surface area contributed by atoms with E-state index in [1.807, 2.05) is 0 Å². The number of H-pyrrole nitrogens is 1. The molecule has 0 amide bonds. The first kappa shape index (κ1) is 28.4. The second-order valence-electron chi connectivity index (χ2n) is 7.79. The monoisotopic (exact) mass is 497 g/mol. The van der Waals surface area contributed by atoms with Gasteiger partial charge in [-0.05, 0) is 0 Å². The predicted octanol–water partition coefficient (Wildman–Crippen LogP) is -6.03. The van der Waals surface area contributed by atoms with E-state index in [4.69, 9.17) is 35.3 Å². The van der Waals surface area contributed by atoms with Crippen LogP contribution in [-0.4, -0.2) is 143 Å². The van der Waals surface area contributed by atoms with Crippen molar-refractivity contribution in [3.05, 3.63) is 18.2 Å². The number of ether oxygens (including phenoxy) is 3. The van der Waals surface area contributed by atoms with Gasteiger partial charge in [-0.15, -0.1) is 0 Å². The molecule has 1 aromatic heterocycles. The number of nitrogens with two attached hydrogens (primary N) is 1. The largest absolute Gasteiger partial charge is 0.480 e. The fourth-order valence-corrected chi connectivity index (χ4v) is 3.35. The number of carboxylic acid groups (broad SMARTS) is 1. The van der Waals surface area contributed by atoms with Crippen molar-refractivity contribution in [2.24, 2.45) is 5.73 Å². The van der Waals surface area contributed by atoms with Crippen LogP contribution in [0.5, 0.6) is 0 Å². The van der Waals surface area contributed by atoms with Crippen molar-refractivity contribution >= 4 is 5.97 Å². The Hall–Kier alpha value is -1.80. The van der Waals surface area contributed by atoms with E-state index in [1.54, 1.807) is 6.20 Å². The number of nitrogens with one attached hydrogen (secondary N) is 1. The zero-order valence-electron chi connectivity index (χ0n) is 17.9. The highest BCUT2D eigenvalue weighted by Crippen LogP contribution is 2.35. The molecule has 1 aromatic rings. The zero-order chi connectivity index (χ0) is 25.6. The van der Waals surface area contributed by atoms with Gasteiger partial charge in [-0.3, -0.25) is 4.79 Å². The Bertz CT molecular complexity index is 753. The molecule has 3 heterocycles. The number of rotatable bonds is 8. The molecule has 0 spiro atoms. The fraction of sp³-hybridized carbons (Fsp3) is 0.778. The molecule has 2 fully saturated rings. The molecule has 34 heavy (non-hydrogen) atoms. The number of aliphatic hydroxyl groups excluding tert-OH is 8. The molecule has 10 atom stereocenters. The maximum atomic E-state index is 10.3. The summed E-state index contributed by atoms with van der Waals surface area (Å²) in [6.07, 6.45) is -9.32. The quantitative estimate of drug-likeness (QED) is 0.159. The maximum Gasteiger partial charge on any atom is 0.320 e. The first-order chi connectivity index (χ1) is 16.0. The summed E-state index contributed by atoms with van der Waals surface area (Å²) in [7, 11) is 0. The highest BCUT2D eigenvalue weighted by molar-refractivity contribution is 5.73. The molecule has 0 aliphatic carbocycles. The molecule has 3 rings (SSSR count). The molecule has 196 valence electrons. The van der Waals surface area contributed by atoms with Crippen molar-refractivity contribution in [2.75, 3.05) is 19.8 Å². The average molecular weight is 497 g/mol. The van der Waals surface area contributed by atoms with E-state index < -0.39 is 86.6 Å². The number of nitrogens with zero attached hydrogens (tertiary/aromatic N) is 1. The molecule has 2 aliphatic heterocycles. The summed E-state index contributed by atoms with van der Waals surface area (Å²) in [4.78, 5) is 16.8. The number of aromatic nitrogens is 2. The van der Waals surface area contributed by atoms with Crippen LogP contribution in [0.4, 0.5) is 0 Å². The SMILES string of the molecule is N[C@@H](Cc1cnc[nH]1)C(=O)O.OC[C@H]1O[C@@](CO)(O[C@H]2O[C@H](CO)[C@@H](O)[C@H](O)[C@H]2O)[C@@H](O)[C@@H]1O. The molecule has 0 unspecified atom stereocenters. The minimum atomic E-state index is -2.22. The lowest BCUT2D eigenvalue weighted by molar-refractivity contribution is -0.383. The van der Waals surface area contributed by atoms with Gasteiger partial charge in [0.15, 0.2) is 6.29 Å². The van der Waals surface area contributed by atoms with Crippen LogP contribution < -0.4 is 5.73 Å². The molecular weight excluding hydrogens is 466 g/mol. The topological polar surface area (TPSA) is 282 Å². The van der Waals surface area contributed by atoms with Crippen LogP contribution in [0, 0.1) is 0 Å². The summed E-state index contributed by atoms with van der Waals surface area (Å²) in [5.74, 6) is -3.22. The van der Waals surface area contributed by atoms with Gasteiger partial charge in [0.25, 0.3) is 0 Å². The van der Waals surface area contributed by atoms with Gasteiger partial charge < -0.3 is 70.9 Å².